The zero-order valence-corrected chi connectivity index (χ0v) is 21.9. The maximum atomic E-state index is 11.1. The molecule has 2 amide bonds. The summed E-state index contributed by atoms with van der Waals surface area (Å²) >= 11 is 0. The molecule has 0 fully saturated rings. The Hall–Kier alpha value is -5.54. The lowest BCUT2D eigenvalue weighted by atomic mass is 10.2. The first-order valence-corrected chi connectivity index (χ1v) is 11.3. The first kappa shape index (κ1) is 32.5. The first-order valence-electron chi connectivity index (χ1n) is 11.8. The van der Waals surface area contributed by atoms with Crippen LogP contribution in [-0.4, -0.2) is 34.5 Å². The number of benzene rings is 3. The fourth-order valence-electron chi connectivity index (χ4n) is 2.32. The second-order valence-corrected chi connectivity index (χ2v) is 7.14. The Morgan fingerprint density at radius 2 is 1.40 bits per heavy atom. The van der Waals surface area contributed by atoms with Crippen LogP contribution in [0.2, 0.25) is 0 Å². The summed E-state index contributed by atoms with van der Waals surface area (Å²) in [5.74, 6) is 0.197. The molecular formula is C28H31N3O9. The predicted molar refractivity (Wildman–Crippen MR) is 148 cm³/mol. The van der Waals surface area contributed by atoms with Crippen LogP contribution in [0.15, 0.2) is 96.9 Å². The van der Waals surface area contributed by atoms with Gasteiger partial charge in [-0.05, 0) is 30.2 Å². The van der Waals surface area contributed by atoms with E-state index in [1.165, 1.54) is 50.8 Å². The predicted octanol–water partition coefficient (Wildman–Crippen LogP) is 5.36. The summed E-state index contributed by atoms with van der Waals surface area (Å²) in [7, 11) is 1.54. The standard InChI is InChI=1S/C11H13NO4.C9H11NO2.C6H5NO3.C2H2/c1-9(16-14)7-12-11(13)15-8-10-5-3-2-4-6-10;1-10-9(11)12-7-8-5-3-2-4-6-8;8-6-3-1-5(2-4-6)7(9)10;1-2/h2-7,14H,8H2,1H3,(H,12,13);2-6H,7H2,1H3,(H,10,11);1-4,8H;1-2H/b9-7+;;;/i;;;1D. The molecule has 0 bridgehead atoms. The van der Waals surface area contributed by atoms with Gasteiger partial charge in [0.15, 0.2) is 5.76 Å². The van der Waals surface area contributed by atoms with Crippen molar-refractivity contribution in [3.8, 4) is 18.6 Å². The van der Waals surface area contributed by atoms with Crippen molar-refractivity contribution in [3.63, 3.8) is 0 Å². The molecule has 0 heterocycles. The summed E-state index contributed by atoms with van der Waals surface area (Å²) in [4.78, 5) is 35.1. The zero-order valence-electron chi connectivity index (χ0n) is 22.9. The van der Waals surface area contributed by atoms with Crippen LogP contribution in [0.5, 0.6) is 5.75 Å². The lowest BCUT2D eigenvalue weighted by Crippen LogP contribution is -2.19. The van der Waals surface area contributed by atoms with Crippen LogP contribution in [0.1, 0.15) is 19.4 Å². The van der Waals surface area contributed by atoms with Crippen LogP contribution in [0.4, 0.5) is 15.3 Å². The molecule has 0 aliphatic heterocycles. The molecule has 3 rings (SSSR count). The van der Waals surface area contributed by atoms with Crippen molar-refractivity contribution in [2.24, 2.45) is 0 Å². The maximum Gasteiger partial charge on any atom is 0.411 e. The average molecular weight is 555 g/mol. The highest BCUT2D eigenvalue weighted by atomic mass is 17.1. The molecule has 0 saturated carbocycles. The smallest absolute Gasteiger partial charge is 0.411 e. The highest BCUT2D eigenvalue weighted by Gasteiger charge is 2.02. The van der Waals surface area contributed by atoms with Crippen LogP contribution in [0, 0.1) is 22.9 Å². The molecule has 0 aliphatic rings. The summed E-state index contributed by atoms with van der Waals surface area (Å²) in [6.07, 6.45) is 5.95. The molecule has 0 aliphatic carbocycles. The largest absolute Gasteiger partial charge is 0.508 e. The van der Waals surface area contributed by atoms with Crippen molar-refractivity contribution in [1.82, 2.24) is 10.6 Å². The average Bonchev–Trinajstić information content (AvgIpc) is 3.00. The summed E-state index contributed by atoms with van der Waals surface area (Å²) in [5, 5.41) is 31.6. The third-order valence-corrected chi connectivity index (χ3v) is 4.23. The van der Waals surface area contributed by atoms with E-state index in [1.54, 1.807) is 0 Å². The van der Waals surface area contributed by atoms with Gasteiger partial charge >= 0.3 is 12.2 Å². The molecular weight excluding hydrogens is 522 g/mol. The van der Waals surface area contributed by atoms with E-state index in [4.69, 9.17) is 21.2 Å². The normalized spacial score (nSPS) is 9.55. The lowest BCUT2D eigenvalue weighted by Gasteiger charge is -2.04. The van der Waals surface area contributed by atoms with Gasteiger partial charge in [0.2, 0.25) is 0 Å². The number of hydrogen-bond donors (Lipinski definition) is 4. The number of phenolic OH excluding ortho intramolecular Hbond substituents is 1. The van der Waals surface area contributed by atoms with Gasteiger partial charge in [0.25, 0.3) is 5.69 Å². The number of alkyl carbamates (subject to hydrolysis) is 2. The monoisotopic (exact) mass is 554 g/mol. The third-order valence-electron chi connectivity index (χ3n) is 4.23. The van der Waals surface area contributed by atoms with Gasteiger partial charge in [-0.1, -0.05) is 60.7 Å². The van der Waals surface area contributed by atoms with E-state index in [2.05, 4.69) is 21.9 Å². The minimum absolute atomic E-state index is 0.0159. The number of nitro groups is 1. The Kier molecular flexibility index (Phi) is 17.5. The summed E-state index contributed by atoms with van der Waals surface area (Å²) in [5.41, 5.74) is 1.87. The summed E-state index contributed by atoms with van der Waals surface area (Å²) < 4.78 is 15.5. The van der Waals surface area contributed by atoms with Crippen LogP contribution in [0.25, 0.3) is 0 Å². The number of carbonyl (C=O) groups is 2. The van der Waals surface area contributed by atoms with Gasteiger partial charge in [-0.15, -0.1) is 12.8 Å². The van der Waals surface area contributed by atoms with Gasteiger partial charge in [0.1, 0.15) is 20.3 Å². The third kappa shape index (κ3) is 17.0. The van der Waals surface area contributed by atoms with Gasteiger partial charge in [-0.25, -0.2) is 14.8 Å². The fraction of sp³-hybridized carbons (Fsp3) is 0.143. The van der Waals surface area contributed by atoms with Gasteiger partial charge in [-0.3, -0.25) is 15.4 Å². The molecule has 0 unspecified atom stereocenters. The van der Waals surface area contributed by atoms with E-state index in [0.29, 0.717) is 6.61 Å². The number of nitrogens with zero attached hydrogens (tertiary/aromatic N) is 1. The minimum atomic E-state index is -0.611. The van der Waals surface area contributed by atoms with Gasteiger partial charge < -0.3 is 24.8 Å². The molecule has 12 heteroatoms. The van der Waals surface area contributed by atoms with Crippen molar-refractivity contribution >= 4 is 17.9 Å². The molecule has 212 valence electrons. The molecule has 3 aromatic rings. The van der Waals surface area contributed by atoms with Crippen molar-refractivity contribution in [1.29, 1.82) is 0 Å². The molecule has 0 aromatic heterocycles. The molecule has 12 nitrogen and oxygen atoms in total. The summed E-state index contributed by atoms with van der Waals surface area (Å²) in [6.45, 7) is 2.00. The number of carbonyl (C=O) groups excluding carboxylic acids is 2. The second kappa shape index (κ2) is 21.5. The van der Waals surface area contributed by atoms with Crippen LogP contribution in [0.3, 0.4) is 0 Å². The Morgan fingerprint density at radius 3 is 1.80 bits per heavy atom. The van der Waals surface area contributed by atoms with E-state index in [0.717, 1.165) is 11.1 Å². The fourth-order valence-corrected chi connectivity index (χ4v) is 2.32. The van der Waals surface area contributed by atoms with E-state index in [9.17, 15) is 19.7 Å². The van der Waals surface area contributed by atoms with Crippen molar-refractivity contribution in [2.45, 2.75) is 20.1 Å². The number of amides is 2. The van der Waals surface area contributed by atoms with Gasteiger partial charge in [0, 0.05) is 25.4 Å². The number of allylic oxidation sites excluding steroid dienone is 1. The van der Waals surface area contributed by atoms with Crippen molar-refractivity contribution < 1.29 is 40.6 Å². The quantitative estimate of drug-likeness (QED) is 0.0987. The number of terminal acetylenes is 1. The molecule has 40 heavy (non-hydrogen) atoms. The first-order chi connectivity index (χ1) is 19.7. The second-order valence-electron chi connectivity index (χ2n) is 7.14. The number of nitro benzene ring substituents is 1. The Labute approximate surface area is 233 Å². The zero-order chi connectivity index (χ0) is 30.9. The van der Waals surface area contributed by atoms with Crippen molar-refractivity contribution in [2.75, 3.05) is 7.05 Å². The number of ether oxygens (including phenoxy) is 2. The lowest BCUT2D eigenvalue weighted by molar-refractivity contribution is -0.384. The summed E-state index contributed by atoms with van der Waals surface area (Å²) in [6, 6.07) is 23.9. The van der Waals surface area contributed by atoms with Crippen LogP contribution >= 0.6 is 0 Å². The molecule has 4 N–H and O–H groups in total. The number of hydrogen-bond acceptors (Lipinski definition) is 9. The van der Waals surface area contributed by atoms with Crippen molar-refractivity contribution in [3.05, 3.63) is 118 Å². The number of rotatable bonds is 7. The Balaban J connectivity index is 0.000000572. The molecule has 0 spiro atoms. The maximum absolute atomic E-state index is 11.1. The van der Waals surface area contributed by atoms with Crippen LogP contribution in [-0.2, 0) is 27.6 Å². The Morgan fingerprint density at radius 1 is 0.950 bits per heavy atom. The number of non-ortho nitro benzene ring substituents is 1. The minimum Gasteiger partial charge on any atom is -0.508 e. The number of aromatic hydroxyl groups is 1. The van der Waals surface area contributed by atoms with Crippen LogP contribution < -0.4 is 10.6 Å². The highest BCUT2D eigenvalue weighted by Crippen LogP contribution is 2.15. The highest BCUT2D eigenvalue weighted by molar-refractivity contribution is 5.68. The number of nitrogens with one attached hydrogen (secondary N) is 2. The topological polar surface area (TPSA) is 169 Å². The number of phenols is 1. The molecule has 3 aromatic carbocycles. The van der Waals surface area contributed by atoms with Gasteiger partial charge in [0.05, 0.1) is 4.92 Å². The SMILES string of the molecule is C/C(=C\NC(=O)OCc1ccccc1)OO.CNC(=O)OCc1ccccc1.O=[N+]([O-])c1ccc(O)cc1.[2H]C#C. The van der Waals surface area contributed by atoms with E-state index in [-0.39, 0.29) is 23.8 Å². The van der Waals surface area contributed by atoms with E-state index >= 15 is 0 Å². The van der Waals surface area contributed by atoms with Gasteiger partial charge in [-0.2, -0.15) is 0 Å². The Bertz CT molecular complexity index is 1230. The van der Waals surface area contributed by atoms with E-state index in [1.807, 2.05) is 60.7 Å². The molecule has 0 atom stereocenters. The molecule has 0 radical (unpaired) electrons. The molecule has 0 saturated heterocycles. The van der Waals surface area contributed by atoms with E-state index < -0.39 is 17.1 Å².